The fraction of sp³-hybridized carbons (Fsp3) is 0.300. The van der Waals surface area contributed by atoms with E-state index in [1.54, 1.807) is 10.9 Å². The van der Waals surface area contributed by atoms with Crippen molar-refractivity contribution in [2.45, 2.75) is 19.6 Å². The van der Waals surface area contributed by atoms with E-state index in [0.29, 0.717) is 17.3 Å². The van der Waals surface area contributed by atoms with Crippen LogP contribution in [0.3, 0.4) is 0 Å². The van der Waals surface area contributed by atoms with E-state index >= 15 is 0 Å². The third kappa shape index (κ3) is 2.18. The zero-order valence-corrected chi connectivity index (χ0v) is 11.7. The number of hydrogen-bond acceptors (Lipinski definition) is 3. The van der Waals surface area contributed by atoms with Gasteiger partial charge in [0, 0.05) is 6.54 Å². The van der Waals surface area contributed by atoms with Crippen LogP contribution in [-0.2, 0) is 6.54 Å². The van der Waals surface area contributed by atoms with E-state index in [1.165, 1.54) is 11.3 Å². The Balaban J connectivity index is 2.40. The van der Waals surface area contributed by atoms with Gasteiger partial charge in [0.05, 0.1) is 20.7 Å². The highest BCUT2D eigenvalue weighted by molar-refractivity contribution is 9.11. The summed E-state index contributed by atoms with van der Waals surface area (Å²) < 4.78 is 2.69. The summed E-state index contributed by atoms with van der Waals surface area (Å²) in [6, 6.07) is 1.89. The SMILES string of the molecule is CCn1ncc(Cl)c1C(O)c1csc(Br)c1. The molecule has 0 amide bonds. The molecule has 0 saturated heterocycles. The van der Waals surface area contributed by atoms with Crippen molar-refractivity contribution < 1.29 is 5.11 Å². The fourth-order valence-corrected chi connectivity index (χ4v) is 2.96. The number of aromatic nitrogens is 2. The number of hydrogen-bond donors (Lipinski definition) is 1. The lowest BCUT2D eigenvalue weighted by Crippen LogP contribution is -2.08. The van der Waals surface area contributed by atoms with Gasteiger partial charge in [-0.2, -0.15) is 5.10 Å². The number of nitrogens with zero attached hydrogens (tertiary/aromatic N) is 2. The first-order valence-corrected chi connectivity index (χ1v) is 6.81. The monoisotopic (exact) mass is 320 g/mol. The number of rotatable bonds is 3. The van der Waals surface area contributed by atoms with Gasteiger partial charge in [-0.1, -0.05) is 11.6 Å². The first-order chi connectivity index (χ1) is 7.63. The molecule has 0 aliphatic rings. The van der Waals surface area contributed by atoms with E-state index < -0.39 is 6.10 Å². The third-order valence-electron chi connectivity index (χ3n) is 2.30. The lowest BCUT2D eigenvalue weighted by molar-refractivity contribution is 0.208. The van der Waals surface area contributed by atoms with Crippen LogP contribution < -0.4 is 0 Å². The summed E-state index contributed by atoms with van der Waals surface area (Å²) in [4.78, 5) is 0. The Hall–Kier alpha value is -0.360. The van der Waals surface area contributed by atoms with Crippen molar-refractivity contribution in [3.05, 3.63) is 37.7 Å². The maximum atomic E-state index is 10.2. The molecule has 0 bridgehead atoms. The molecule has 16 heavy (non-hydrogen) atoms. The predicted octanol–water partition coefficient (Wildman–Crippen LogP) is 3.46. The van der Waals surface area contributed by atoms with Gasteiger partial charge < -0.3 is 5.11 Å². The Morgan fingerprint density at radius 1 is 1.69 bits per heavy atom. The molecule has 1 N–H and O–H groups in total. The van der Waals surface area contributed by atoms with Crippen LogP contribution in [0.25, 0.3) is 0 Å². The summed E-state index contributed by atoms with van der Waals surface area (Å²) >= 11 is 10.9. The highest BCUT2D eigenvalue weighted by Gasteiger charge is 2.20. The van der Waals surface area contributed by atoms with Crippen molar-refractivity contribution in [2.24, 2.45) is 0 Å². The lowest BCUT2D eigenvalue weighted by Gasteiger charge is -2.11. The van der Waals surface area contributed by atoms with Crippen LogP contribution in [0.15, 0.2) is 21.4 Å². The second-order valence-corrected chi connectivity index (χ2v) is 5.98. The van der Waals surface area contributed by atoms with Gasteiger partial charge >= 0.3 is 0 Å². The summed E-state index contributed by atoms with van der Waals surface area (Å²) in [6.07, 6.45) is 0.836. The van der Waals surface area contributed by atoms with Crippen LogP contribution in [0.1, 0.15) is 24.3 Å². The number of halogens is 2. The molecule has 1 unspecified atom stereocenters. The third-order valence-corrected chi connectivity index (χ3v) is 4.11. The Kier molecular flexibility index (Phi) is 3.69. The molecule has 0 aromatic carbocycles. The fourth-order valence-electron chi connectivity index (χ4n) is 1.52. The van der Waals surface area contributed by atoms with E-state index in [2.05, 4.69) is 21.0 Å². The molecule has 1 atom stereocenters. The van der Waals surface area contributed by atoms with E-state index in [9.17, 15) is 5.11 Å². The van der Waals surface area contributed by atoms with Crippen LogP contribution >= 0.6 is 38.9 Å². The van der Waals surface area contributed by atoms with Gasteiger partial charge in [0.25, 0.3) is 0 Å². The Morgan fingerprint density at radius 2 is 2.44 bits per heavy atom. The van der Waals surface area contributed by atoms with Crippen LogP contribution in [-0.4, -0.2) is 14.9 Å². The molecule has 0 spiro atoms. The van der Waals surface area contributed by atoms with Gasteiger partial charge in [-0.15, -0.1) is 11.3 Å². The first kappa shape index (κ1) is 12.1. The molecule has 86 valence electrons. The molecule has 2 heterocycles. The summed E-state index contributed by atoms with van der Waals surface area (Å²) in [5, 5.41) is 16.7. The minimum atomic E-state index is -0.725. The average molecular weight is 322 g/mol. The molecule has 0 fully saturated rings. The quantitative estimate of drug-likeness (QED) is 0.940. The van der Waals surface area contributed by atoms with Crippen molar-refractivity contribution in [3.8, 4) is 0 Å². The summed E-state index contributed by atoms with van der Waals surface area (Å²) in [6.45, 7) is 2.65. The molecule has 6 heteroatoms. The summed E-state index contributed by atoms with van der Waals surface area (Å²) in [5.74, 6) is 0. The maximum Gasteiger partial charge on any atom is 0.123 e. The van der Waals surface area contributed by atoms with Crippen molar-refractivity contribution in [1.82, 2.24) is 9.78 Å². The number of aliphatic hydroxyl groups is 1. The smallest absolute Gasteiger partial charge is 0.123 e. The minimum Gasteiger partial charge on any atom is -0.382 e. The largest absolute Gasteiger partial charge is 0.382 e. The predicted molar refractivity (Wildman–Crippen MR) is 69.0 cm³/mol. The minimum absolute atomic E-state index is 0.497. The van der Waals surface area contributed by atoms with Crippen LogP contribution in [0.2, 0.25) is 5.02 Å². The standard InChI is InChI=1S/C10H10BrClN2OS/c1-2-14-9(7(12)4-13-14)10(15)6-3-8(11)16-5-6/h3-5,10,15H,2H2,1H3. The average Bonchev–Trinajstić information content (AvgIpc) is 2.83. The van der Waals surface area contributed by atoms with E-state index in [4.69, 9.17) is 11.6 Å². The summed E-state index contributed by atoms with van der Waals surface area (Å²) in [7, 11) is 0. The zero-order chi connectivity index (χ0) is 11.7. The highest BCUT2D eigenvalue weighted by atomic mass is 79.9. The van der Waals surface area contributed by atoms with Crippen LogP contribution in [0.4, 0.5) is 0 Å². The second-order valence-electron chi connectivity index (χ2n) is 3.28. The van der Waals surface area contributed by atoms with Crippen molar-refractivity contribution in [3.63, 3.8) is 0 Å². The molecule has 0 saturated carbocycles. The number of aryl methyl sites for hydroxylation is 1. The Bertz CT molecular complexity index is 497. The zero-order valence-electron chi connectivity index (χ0n) is 8.52. The van der Waals surface area contributed by atoms with E-state index in [0.717, 1.165) is 9.35 Å². The molecule has 3 nitrogen and oxygen atoms in total. The Labute approximate surface area is 111 Å². The van der Waals surface area contributed by atoms with Crippen molar-refractivity contribution in [2.75, 3.05) is 0 Å². The van der Waals surface area contributed by atoms with Gasteiger partial charge in [-0.25, -0.2) is 0 Å². The Morgan fingerprint density at radius 3 is 3.00 bits per heavy atom. The van der Waals surface area contributed by atoms with Crippen molar-refractivity contribution >= 4 is 38.9 Å². The normalized spacial score (nSPS) is 13.0. The van der Waals surface area contributed by atoms with E-state index in [-0.39, 0.29) is 0 Å². The van der Waals surface area contributed by atoms with Crippen LogP contribution in [0.5, 0.6) is 0 Å². The second kappa shape index (κ2) is 4.87. The topological polar surface area (TPSA) is 38.0 Å². The molecule has 0 radical (unpaired) electrons. The van der Waals surface area contributed by atoms with E-state index in [1.807, 2.05) is 18.4 Å². The summed E-state index contributed by atoms with van der Waals surface area (Å²) in [5.41, 5.74) is 1.48. The molecular formula is C10H10BrClN2OS. The van der Waals surface area contributed by atoms with Gasteiger partial charge in [0.1, 0.15) is 6.10 Å². The lowest BCUT2D eigenvalue weighted by atomic mass is 10.1. The number of thiophene rings is 1. The van der Waals surface area contributed by atoms with Gasteiger partial charge in [-0.3, -0.25) is 4.68 Å². The molecular weight excluding hydrogens is 312 g/mol. The highest BCUT2D eigenvalue weighted by Crippen LogP contribution is 2.32. The maximum absolute atomic E-state index is 10.2. The van der Waals surface area contributed by atoms with Crippen LogP contribution in [0, 0.1) is 0 Å². The molecule has 0 aliphatic carbocycles. The van der Waals surface area contributed by atoms with Gasteiger partial charge in [0.15, 0.2) is 0 Å². The number of aliphatic hydroxyl groups excluding tert-OH is 1. The first-order valence-electron chi connectivity index (χ1n) is 4.76. The van der Waals surface area contributed by atoms with Gasteiger partial charge in [-0.05, 0) is 39.9 Å². The molecule has 2 rings (SSSR count). The van der Waals surface area contributed by atoms with Gasteiger partial charge in [0.2, 0.25) is 0 Å². The molecule has 2 aromatic rings. The molecule has 0 aliphatic heterocycles. The molecule has 2 aromatic heterocycles. The van der Waals surface area contributed by atoms with Crippen molar-refractivity contribution in [1.29, 1.82) is 0 Å².